The predicted octanol–water partition coefficient (Wildman–Crippen LogP) is 1.55. The maximum Gasteiger partial charge on any atom is 0.268 e. The van der Waals surface area contributed by atoms with E-state index < -0.39 is 22.0 Å². The number of morpholine rings is 1. The lowest BCUT2D eigenvalue weighted by Crippen LogP contribution is -2.44. The van der Waals surface area contributed by atoms with Crippen LogP contribution in [0.25, 0.3) is 0 Å². The van der Waals surface area contributed by atoms with Gasteiger partial charge in [0.05, 0.1) is 23.7 Å². The second kappa shape index (κ2) is 9.90. The molecule has 2 aromatic carbocycles. The lowest BCUT2D eigenvalue weighted by atomic mass is 10.1. The summed E-state index contributed by atoms with van der Waals surface area (Å²) in [4.78, 5) is 27.2. The zero-order valence-corrected chi connectivity index (χ0v) is 19.0. The maximum atomic E-state index is 13.3. The minimum Gasteiger partial charge on any atom is -0.475 e. The summed E-state index contributed by atoms with van der Waals surface area (Å²) in [5, 5.41) is 0. The minimum absolute atomic E-state index is 0.0266. The van der Waals surface area contributed by atoms with Crippen LogP contribution in [-0.4, -0.2) is 68.8 Å². The van der Waals surface area contributed by atoms with Crippen LogP contribution in [0.2, 0.25) is 0 Å². The summed E-state index contributed by atoms with van der Waals surface area (Å²) in [5.74, 6) is -1.05. The van der Waals surface area contributed by atoms with Crippen LogP contribution in [0, 0.1) is 0 Å². The van der Waals surface area contributed by atoms with E-state index >= 15 is 0 Å². The number of primary amides is 1. The number of carbonyl (C=O) groups is 2. The minimum atomic E-state index is -3.74. The second-order valence-corrected chi connectivity index (χ2v) is 9.92. The highest BCUT2D eigenvalue weighted by molar-refractivity contribution is 7.89. The van der Waals surface area contributed by atoms with Crippen molar-refractivity contribution in [2.75, 3.05) is 39.4 Å². The smallest absolute Gasteiger partial charge is 0.268 e. The number of nitrogens with two attached hydrogens (primary N) is 1. The molecule has 10 heteroatoms. The predicted molar refractivity (Wildman–Crippen MR) is 120 cm³/mol. The average molecular weight is 474 g/mol. The van der Waals surface area contributed by atoms with E-state index in [1.807, 2.05) is 6.07 Å². The molecule has 2 aliphatic rings. The van der Waals surface area contributed by atoms with E-state index in [1.54, 1.807) is 29.2 Å². The Morgan fingerprint density at radius 2 is 1.64 bits per heavy atom. The molecule has 0 aromatic heterocycles. The molecule has 33 heavy (non-hydrogen) atoms. The molecule has 0 radical (unpaired) electrons. The van der Waals surface area contributed by atoms with Crippen molar-refractivity contribution in [2.24, 2.45) is 5.73 Å². The molecule has 1 atom stereocenters. The molecule has 176 valence electrons. The third kappa shape index (κ3) is 5.02. The summed E-state index contributed by atoms with van der Waals surface area (Å²) in [5.41, 5.74) is 6.09. The normalized spacial score (nSPS) is 18.1. The number of benzene rings is 2. The Kier molecular flexibility index (Phi) is 6.96. The Labute approximate surface area is 193 Å². The SMILES string of the molecule is NC(=O)c1cc(S(=O)(=O)N2CCCC2)ccc1O[C@@H](C(=O)N1CCOCC1)c1ccccc1. The van der Waals surface area contributed by atoms with Crippen molar-refractivity contribution in [3.8, 4) is 5.75 Å². The van der Waals surface area contributed by atoms with Gasteiger partial charge in [-0.15, -0.1) is 0 Å². The van der Waals surface area contributed by atoms with Gasteiger partial charge in [-0.1, -0.05) is 30.3 Å². The number of ether oxygens (including phenoxy) is 2. The number of hydrogen-bond donors (Lipinski definition) is 1. The molecule has 2 saturated heterocycles. The van der Waals surface area contributed by atoms with E-state index in [-0.39, 0.29) is 22.1 Å². The van der Waals surface area contributed by atoms with Crippen molar-refractivity contribution in [3.63, 3.8) is 0 Å². The molecular formula is C23H27N3O6S. The molecule has 0 spiro atoms. The van der Waals surface area contributed by atoms with Crippen molar-refractivity contribution in [2.45, 2.75) is 23.8 Å². The Morgan fingerprint density at radius 1 is 0.970 bits per heavy atom. The zero-order chi connectivity index (χ0) is 23.4. The van der Waals surface area contributed by atoms with E-state index in [0.29, 0.717) is 45.0 Å². The Bertz CT molecular complexity index is 1110. The molecule has 2 amide bonds. The molecule has 2 fully saturated rings. The molecule has 2 heterocycles. The van der Waals surface area contributed by atoms with E-state index in [0.717, 1.165) is 12.8 Å². The number of sulfonamides is 1. The number of hydrogen-bond acceptors (Lipinski definition) is 6. The van der Waals surface area contributed by atoms with Gasteiger partial charge in [0.2, 0.25) is 16.1 Å². The summed E-state index contributed by atoms with van der Waals surface area (Å²) in [6.45, 7) is 2.61. The van der Waals surface area contributed by atoms with Crippen LogP contribution in [0.15, 0.2) is 53.4 Å². The molecule has 0 bridgehead atoms. The number of nitrogens with zero attached hydrogens (tertiary/aromatic N) is 2. The molecular weight excluding hydrogens is 446 g/mol. The van der Waals surface area contributed by atoms with Crippen molar-refractivity contribution < 1.29 is 27.5 Å². The van der Waals surface area contributed by atoms with Crippen LogP contribution >= 0.6 is 0 Å². The highest BCUT2D eigenvalue weighted by Crippen LogP contribution is 2.31. The first-order chi connectivity index (χ1) is 15.9. The standard InChI is InChI=1S/C23H27N3O6S/c24-22(27)19-16-18(33(29,30)26-10-4-5-11-26)8-9-20(19)32-21(17-6-2-1-3-7-17)23(28)25-12-14-31-15-13-25/h1-3,6-9,16,21H,4-5,10-15H2,(H2,24,27)/t21-/m1/s1. The zero-order valence-electron chi connectivity index (χ0n) is 18.2. The molecule has 0 unspecified atom stereocenters. The molecule has 2 aliphatic heterocycles. The summed E-state index contributed by atoms with van der Waals surface area (Å²) < 4.78 is 38.7. The lowest BCUT2D eigenvalue weighted by molar-refractivity contribution is -0.143. The van der Waals surface area contributed by atoms with Crippen molar-refractivity contribution in [3.05, 3.63) is 59.7 Å². The van der Waals surface area contributed by atoms with Gasteiger partial charge in [-0.05, 0) is 31.0 Å². The number of rotatable bonds is 7. The molecule has 2 aromatic rings. The summed E-state index contributed by atoms with van der Waals surface area (Å²) in [7, 11) is -3.74. The fourth-order valence-electron chi connectivity index (χ4n) is 4.01. The third-order valence-corrected chi connectivity index (χ3v) is 7.71. The second-order valence-electron chi connectivity index (χ2n) is 7.98. The van der Waals surface area contributed by atoms with Crippen LogP contribution in [0.5, 0.6) is 5.75 Å². The van der Waals surface area contributed by atoms with E-state index in [9.17, 15) is 18.0 Å². The first-order valence-electron chi connectivity index (χ1n) is 10.9. The highest BCUT2D eigenvalue weighted by Gasteiger charge is 2.32. The summed E-state index contributed by atoms with van der Waals surface area (Å²) >= 11 is 0. The lowest BCUT2D eigenvalue weighted by Gasteiger charge is -2.31. The van der Waals surface area contributed by atoms with Gasteiger partial charge in [-0.25, -0.2) is 8.42 Å². The molecule has 2 N–H and O–H groups in total. The van der Waals surface area contributed by atoms with Gasteiger partial charge in [0, 0.05) is 31.7 Å². The van der Waals surface area contributed by atoms with Crippen LogP contribution in [0.4, 0.5) is 0 Å². The molecule has 0 saturated carbocycles. The van der Waals surface area contributed by atoms with Crippen LogP contribution in [0.1, 0.15) is 34.9 Å². The van der Waals surface area contributed by atoms with E-state index in [1.165, 1.54) is 22.5 Å². The Morgan fingerprint density at radius 3 is 2.27 bits per heavy atom. The molecule has 0 aliphatic carbocycles. The average Bonchev–Trinajstić information content (AvgIpc) is 3.39. The first kappa shape index (κ1) is 23.2. The Hall–Kier alpha value is -2.95. The van der Waals surface area contributed by atoms with Crippen molar-refractivity contribution >= 4 is 21.8 Å². The summed E-state index contributed by atoms with van der Waals surface area (Å²) in [6.07, 6.45) is 0.570. The van der Waals surface area contributed by atoms with Gasteiger partial charge in [0.1, 0.15) is 5.75 Å². The largest absolute Gasteiger partial charge is 0.475 e. The van der Waals surface area contributed by atoms with Gasteiger partial charge < -0.3 is 20.1 Å². The van der Waals surface area contributed by atoms with Crippen LogP contribution in [0.3, 0.4) is 0 Å². The molecule has 4 rings (SSSR count). The Balaban J connectivity index is 1.68. The fourth-order valence-corrected chi connectivity index (χ4v) is 5.55. The van der Waals surface area contributed by atoms with Gasteiger partial charge >= 0.3 is 0 Å². The maximum absolute atomic E-state index is 13.3. The van der Waals surface area contributed by atoms with E-state index in [2.05, 4.69) is 0 Å². The fraction of sp³-hybridized carbons (Fsp3) is 0.391. The van der Waals surface area contributed by atoms with Crippen LogP contribution < -0.4 is 10.5 Å². The van der Waals surface area contributed by atoms with Gasteiger partial charge in [-0.2, -0.15) is 4.31 Å². The monoisotopic (exact) mass is 473 g/mol. The van der Waals surface area contributed by atoms with Gasteiger partial charge in [0.15, 0.2) is 0 Å². The van der Waals surface area contributed by atoms with Crippen molar-refractivity contribution in [1.29, 1.82) is 0 Å². The van der Waals surface area contributed by atoms with E-state index in [4.69, 9.17) is 15.2 Å². The highest BCUT2D eigenvalue weighted by atomic mass is 32.2. The van der Waals surface area contributed by atoms with Gasteiger partial charge in [-0.3, -0.25) is 9.59 Å². The number of amides is 2. The topological polar surface area (TPSA) is 119 Å². The number of carbonyl (C=O) groups excluding carboxylic acids is 2. The van der Waals surface area contributed by atoms with Crippen molar-refractivity contribution in [1.82, 2.24) is 9.21 Å². The molecule has 9 nitrogen and oxygen atoms in total. The first-order valence-corrected chi connectivity index (χ1v) is 12.3. The third-order valence-electron chi connectivity index (χ3n) is 5.81. The van der Waals surface area contributed by atoms with Crippen LogP contribution in [-0.2, 0) is 19.6 Å². The summed E-state index contributed by atoms with van der Waals surface area (Å²) in [6, 6.07) is 12.9. The quantitative estimate of drug-likeness (QED) is 0.652. The van der Waals surface area contributed by atoms with Gasteiger partial charge in [0.25, 0.3) is 11.8 Å².